The SMILES string of the molecule is O=C(Cn1cc(NC(=O)Nc2ccc3c(c2)OCO3)cn1)NC1CC1. The van der Waals surface area contributed by atoms with Gasteiger partial charge in [0.05, 0.1) is 11.9 Å². The average Bonchev–Trinajstić information content (AvgIpc) is 3.07. The standard InChI is InChI=1S/C16H17N5O4/c22-15(18-10-1-2-10)8-21-7-12(6-17-21)20-16(23)19-11-3-4-13-14(5-11)25-9-24-13/h3-7,10H,1-2,8-9H2,(H,18,22)(H2,19,20,23). The Balaban J connectivity index is 1.31. The Morgan fingerprint density at radius 3 is 2.80 bits per heavy atom. The highest BCUT2D eigenvalue weighted by atomic mass is 16.7. The van der Waals surface area contributed by atoms with Gasteiger partial charge in [-0.15, -0.1) is 0 Å². The zero-order valence-corrected chi connectivity index (χ0v) is 13.3. The van der Waals surface area contributed by atoms with Gasteiger partial charge in [-0.2, -0.15) is 5.10 Å². The van der Waals surface area contributed by atoms with Crippen LogP contribution in [0.5, 0.6) is 11.5 Å². The monoisotopic (exact) mass is 343 g/mol. The molecule has 3 amide bonds. The van der Waals surface area contributed by atoms with Gasteiger partial charge in [-0.3, -0.25) is 9.48 Å². The van der Waals surface area contributed by atoms with Gasteiger partial charge in [0.2, 0.25) is 12.7 Å². The minimum Gasteiger partial charge on any atom is -0.454 e. The number of amides is 3. The molecule has 0 atom stereocenters. The maximum atomic E-state index is 12.1. The third-order valence-corrected chi connectivity index (χ3v) is 3.77. The van der Waals surface area contributed by atoms with Crippen LogP contribution in [-0.2, 0) is 11.3 Å². The van der Waals surface area contributed by atoms with Crippen LogP contribution in [0.15, 0.2) is 30.6 Å². The summed E-state index contributed by atoms with van der Waals surface area (Å²) in [6, 6.07) is 5.04. The summed E-state index contributed by atoms with van der Waals surface area (Å²) in [6.07, 6.45) is 5.17. The molecule has 0 bridgehead atoms. The molecule has 2 aliphatic rings. The van der Waals surface area contributed by atoms with E-state index in [2.05, 4.69) is 21.0 Å². The lowest BCUT2D eigenvalue weighted by atomic mass is 10.3. The van der Waals surface area contributed by atoms with Crippen LogP contribution < -0.4 is 25.4 Å². The number of hydrogen-bond acceptors (Lipinski definition) is 5. The van der Waals surface area contributed by atoms with E-state index in [1.54, 1.807) is 24.4 Å². The molecular weight excluding hydrogens is 326 g/mol. The molecular formula is C16H17N5O4. The number of ether oxygens (including phenoxy) is 2. The Labute approximate surface area is 143 Å². The summed E-state index contributed by atoms with van der Waals surface area (Å²) in [6.45, 7) is 0.306. The van der Waals surface area contributed by atoms with Crippen LogP contribution >= 0.6 is 0 Å². The maximum Gasteiger partial charge on any atom is 0.323 e. The minimum absolute atomic E-state index is 0.0815. The molecule has 0 spiro atoms. The van der Waals surface area contributed by atoms with Crippen molar-refractivity contribution in [1.82, 2.24) is 15.1 Å². The van der Waals surface area contributed by atoms with Gasteiger partial charge in [-0.05, 0) is 25.0 Å². The molecule has 130 valence electrons. The predicted octanol–water partition coefficient (Wildman–Crippen LogP) is 1.53. The minimum atomic E-state index is -0.416. The molecule has 0 saturated heterocycles. The Kier molecular flexibility index (Phi) is 3.88. The molecule has 1 fully saturated rings. The molecule has 0 radical (unpaired) electrons. The van der Waals surface area contributed by atoms with Gasteiger partial charge in [0.15, 0.2) is 11.5 Å². The molecule has 1 saturated carbocycles. The summed E-state index contributed by atoms with van der Waals surface area (Å²) >= 11 is 0. The van der Waals surface area contributed by atoms with E-state index in [0.717, 1.165) is 12.8 Å². The Bertz CT molecular complexity index is 815. The van der Waals surface area contributed by atoms with E-state index >= 15 is 0 Å². The summed E-state index contributed by atoms with van der Waals surface area (Å²) < 4.78 is 12.0. The largest absolute Gasteiger partial charge is 0.454 e. The van der Waals surface area contributed by atoms with E-state index in [9.17, 15) is 9.59 Å². The summed E-state index contributed by atoms with van der Waals surface area (Å²) in [5.41, 5.74) is 1.08. The van der Waals surface area contributed by atoms with E-state index in [1.807, 2.05) is 0 Å². The van der Waals surface area contributed by atoms with Crippen molar-refractivity contribution in [3.63, 3.8) is 0 Å². The van der Waals surface area contributed by atoms with Gasteiger partial charge in [0.1, 0.15) is 6.54 Å². The highest BCUT2D eigenvalue weighted by Gasteiger charge is 2.23. The Morgan fingerprint density at radius 1 is 1.16 bits per heavy atom. The lowest BCUT2D eigenvalue weighted by Crippen LogP contribution is -2.29. The fraction of sp³-hybridized carbons (Fsp3) is 0.312. The van der Waals surface area contributed by atoms with Crippen LogP contribution in [0.1, 0.15) is 12.8 Å². The predicted molar refractivity (Wildman–Crippen MR) is 88.6 cm³/mol. The molecule has 9 heteroatoms. The summed E-state index contributed by atoms with van der Waals surface area (Å²) in [5, 5.41) is 12.3. The zero-order valence-electron chi connectivity index (χ0n) is 13.3. The lowest BCUT2D eigenvalue weighted by Gasteiger charge is -2.06. The van der Waals surface area contributed by atoms with E-state index in [4.69, 9.17) is 9.47 Å². The lowest BCUT2D eigenvalue weighted by molar-refractivity contribution is -0.122. The van der Waals surface area contributed by atoms with Crippen molar-refractivity contribution in [2.75, 3.05) is 17.4 Å². The van der Waals surface area contributed by atoms with Gasteiger partial charge in [-0.25, -0.2) is 4.79 Å². The van der Waals surface area contributed by atoms with Gasteiger partial charge in [0.25, 0.3) is 0 Å². The second-order valence-corrected chi connectivity index (χ2v) is 5.92. The summed E-state index contributed by atoms with van der Waals surface area (Å²) in [5.74, 6) is 1.16. The normalized spacial score (nSPS) is 14.9. The first-order chi connectivity index (χ1) is 12.2. The van der Waals surface area contributed by atoms with Crippen molar-refractivity contribution in [3.05, 3.63) is 30.6 Å². The number of rotatable bonds is 5. The van der Waals surface area contributed by atoms with E-state index in [1.165, 1.54) is 10.9 Å². The van der Waals surface area contributed by atoms with Gasteiger partial charge in [-0.1, -0.05) is 0 Å². The molecule has 1 aliphatic carbocycles. The highest BCUT2D eigenvalue weighted by molar-refractivity contribution is 5.99. The van der Waals surface area contributed by atoms with E-state index in [-0.39, 0.29) is 19.2 Å². The first-order valence-electron chi connectivity index (χ1n) is 7.95. The number of carbonyl (C=O) groups excluding carboxylic acids is 2. The second-order valence-electron chi connectivity index (χ2n) is 5.92. The van der Waals surface area contributed by atoms with Crippen LogP contribution in [0.3, 0.4) is 0 Å². The number of hydrogen-bond donors (Lipinski definition) is 3. The van der Waals surface area contributed by atoms with Crippen LogP contribution in [-0.4, -0.2) is 34.6 Å². The second kappa shape index (κ2) is 6.34. The van der Waals surface area contributed by atoms with Crippen molar-refractivity contribution in [3.8, 4) is 11.5 Å². The van der Waals surface area contributed by atoms with Crippen molar-refractivity contribution < 1.29 is 19.1 Å². The topological polar surface area (TPSA) is 107 Å². The molecule has 1 aromatic carbocycles. The number of anilines is 2. The van der Waals surface area contributed by atoms with Crippen LogP contribution in [0, 0.1) is 0 Å². The molecule has 1 aliphatic heterocycles. The molecule has 0 unspecified atom stereocenters. The number of fused-ring (bicyclic) bond motifs is 1. The Morgan fingerprint density at radius 2 is 1.96 bits per heavy atom. The fourth-order valence-corrected chi connectivity index (χ4v) is 2.43. The van der Waals surface area contributed by atoms with Crippen molar-refractivity contribution in [1.29, 1.82) is 0 Å². The number of carbonyl (C=O) groups is 2. The van der Waals surface area contributed by atoms with E-state index in [0.29, 0.717) is 28.9 Å². The first kappa shape index (κ1) is 15.3. The first-order valence-corrected chi connectivity index (χ1v) is 7.95. The molecule has 2 heterocycles. The zero-order chi connectivity index (χ0) is 17.2. The molecule has 2 aromatic rings. The third kappa shape index (κ3) is 3.82. The number of nitrogens with one attached hydrogen (secondary N) is 3. The number of benzene rings is 1. The Hall–Kier alpha value is -3.23. The van der Waals surface area contributed by atoms with Gasteiger partial charge < -0.3 is 25.4 Å². The number of urea groups is 1. The molecule has 4 rings (SSSR count). The molecule has 1 aromatic heterocycles. The average molecular weight is 343 g/mol. The molecule has 3 N–H and O–H groups in total. The third-order valence-electron chi connectivity index (χ3n) is 3.77. The quantitative estimate of drug-likeness (QED) is 0.763. The van der Waals surface area contributed by atoms with Crippen molar-refractivity contribution in [2.45, 2.75) is 25.4 Å². The fourth-order valence-electron chi connectivity index (χ4n) is 2.43. The van der Waals surface area contributed by atoms with Crippen LogP contribution in [0.25, 0.3) is 0 Å². The van der Waals surface area contributed by atoms with Crippen molar-refractivity contribution >= 4 is 23.3 Å². The summed E-state index contributed by atoms with van der Waals surface area (Å²) in [7, 11) is 0. The van der Waals surface area contributed by atoms with Crippen LogP contribution in [0.2, 0.25) is 0 Å². The molecule has 9 nitrogen and oxygen atoms in total. The van der Waals surface area contributed by atoms with Gasteiger partial charge in [0, 0.05) is 24.0 Å². The molecule has 25 heavy (non-hydrogen) atoms. The number of aromatic nitrogens is 2. The van der Waals surface area contributed by atoms with Gasteiger partial charge >= 0.3 is 6.03 Å². The number of nitrogens with zero attached hydrogens (tertiary/aromatic N) is 2. The summed E-state index contributed by atoms with van der Waals surface area (Å²) in [4.78, 5) is 23.8. The maximum absolute atomic E-state index is 12.1. The van der Waals surface area contributed by atoms with E-state index < -0.39 is 6.03 Å². The highest BCUT2D eigenvalue weighted by Crippen LogP contribution is 2.34. The smallest absolute Gasteiger partial charge is 0.323 e. The van der Waals surface area contributed by atoms with Crippen molar-refractivity contribution in [2.24, 2.45) is 0 Å². The van der Waals surface area contributed by atoms with Crippen LogP contribution in [0.4, 0.5) is 16.2 Å².